The Morgan fingerprint density at radius 1 is 1.02 bits per heavy atom. The molecule has 2 unspecified atom stereocenters. The number of ether oxygens (including phenoxy) is 2. The molecular weight excluding hydrogens is 741 g/mol. The average molecular weight is 793 g/mol. The van der Waals surface area contributed by atoms with Crippen molar-refractivity contribution in [3.05, 3.63) is 36.4 Å². The van der Waals surface area contributed by atoms with Crippen molar-refractivity contribution in [1.82, 2.24) is 30.0 Å². The van der Waals surface area contributed by atoms with Gasteiger partial charge < -0.3 is 24.8 Å². The van der Waals surface area contributed by atoms with Crippen molar-refractivity contribution in [3.8, 4) is 11.8 Å². The molecule has 0 spiro atoms. The maximum atomic E-state index is 15.2. The van der Waals surface area contributed by atoms with E-state index in [0.29, 0.717) is 67.0 Å². The highest BCUT2D eigenvalue weighted by molar-refractivity contribution is 7.91. The molecule has 56 heavy (non-hydrogen) atoms. The lowest BCUT2D eigenvalue weighted by atomic mass is 9.86. The van der Waals surface area contributed by atoms with E-state index in [1.165, 1.54) is 16.9 Å². The summed E-state index contributed by atoms with van der Waals surface area (Å²) in [6.45, 7) is 5.54. The number of allylic oxidation sites excluding steroid dienone is 1. The summed E-state index contributed by atoms with van der Waals surface area (Å²) in [5.41, 5.74) is -1.55. The van der Waals surface area contributed by atoms with Gasteiger partial charge in [0.2, 0.25) is 33.6 Å². The number of fused-ring (bicyclic) bond motifs is 4. The fourth-order valence-electron chi connectivity index (χ4n) is 9.63. The van der Waals surface area contributed by atoms with Gasteiger partial charge in [-0.2, -0.15) is 0 Å². The van der Waals surface area contributed by atoms with Crippen LogP contribution in [0.5, 0.6) is 11.8 Å². The Morgan fingerprint density at radius 3 is 2.36 bits per heavy atom. The topological polar surface area (TPSA) is 197 Å². The lowest BCUT2D eigenvalue weighted by molar-refractivity contribution is -0.145. The fourth-order valence-corrected chi connectivity index (χ4v) is 10.9. The minimum Gasteiger partial charge on any atom is -0.479 e. The molecule has 5 fully saturated rings. The van der Waals surface area contributed by atoms with E-state index < -0.39 is 68.2 Å². The van der Waals surface area contributed by atoms with Crippen molar-refractivity contribution in [2.24, 2.45) is 29.6 Å². The van der Waals surface area contributed by atoms with Gasteiger partial charge in [0.15, 0.2) is 0 Å². The largest absolute Gasteiger partial charge is 0.479 e. The quantitative estimate of drug-likeness (QED) is 0.327. The van der Waals surface area contributed by atoms with E-state index in [1.54, 1.807) is 6.92 Å². The molecule has 3 N–H and O–H groups in total. The molecule has 1 aromatic heterocycles. The molecule has 4 aliphatic carbocycles. The molecule has 0 bridgehead atoms. The summed E-state index contributed by atoms with van der Waals surface area (Å²) in [7, 11) is -2.52. The van der Waals surface area contributed by atoms with Crippen LogP contribution in [0.4, 0.5) is 4.79 Å². The molecule has 16 heteroatoms. The fraction of sp³-hybridized carbons (Fsp3) is 0.650. The third kappa shape index (κ3) is 6.95. The highest BCUT2D eigenvalue weighted by Gasteiger charge is 2.63. The minimum atomic E-state index is -4.01. The summed E-state index contributed by atoms with van der Waals surface area (Å²) in [4.78, 5) is 59.8. The van der Waals surface area contributed by atoms with Gasteiger partial charge in [-0.1, -0.05) is 38.1 Å². The number of methoxy groups -OCH3 is 1. The number of carbonyl (C=O) groups excluding carboxylic acids is 3. The third-order valence-electron chi connectivity index (χ3n) is 13.4. The molecule has 4 amide bonds. The Hall–Kier alpha value is -4.47. The van der Waals surface area contributed by atoms with Crippen LogP contribution in [-0.4, -0.2) is 106 Å². The summed E-state index contributed by atoms with van der Waals surface area (Å²) >= 11 is 0. The number of sulfonamides is 1. The lowest BCUT2D eigenvalue weighted by Crippen LogP contribution is -2.61. The number of carbonyl (C=O) groups is 4. The van der Waals surface area contributed by atoms with Crippen molar-refractivity contribution < 1.29 is 42.2 Å². The van der Waals surface area contributed by atoms with Crippen LogP contribution < -0.4 is 19.5 Å². The number of amides is 4. The maximum absolute atomic E-state index is 15.2. The van der Waals surface area contributed by atoms with Crippen LogP contribution in [0, 0.1) is 29.6 Å². The molecule has 0 radical (unpaired) electrons. The predicted octanol–water partition coefficient (Wildman–Crippen LogP) is 4.02. The number of benzene rings is 1. The molecule has 3 heterocycles. The van der Waals surface area contributed by atoms with E-state index >= 15 is 4.79 Å². The maximum Gasteiger partial charge on any atom is 0.408 e. The molecule has 10 atom stereocenters. The van der Waals surface area contributed by atoms with E-state index in [9.17, 15) is 27.9 Å². The molecule has 1 aromatic carbocycles. The number of aromatic nitrogens is 2. The molecule has 6 aliphatic rings. The number of hydrogen-bond donors (Lipinski definition) is 3. The van der Waals surface area contributed by atoms with E-state index in [0.717, 1.165) is 12.8 Å². The molecule has 2 aliphatic heterocycles. The van der Waals surface area contributed by atoms with Crippen molar-refractivity contribution in [3.63, 3.8) is 0 Å². The molecular formula is C40H52N6O9S. The Balaban J connectivity index is 1.16. The van der Waals surface area contributed by atoms with Crippen molar-refractivity contribution in [2.45, 2.75) is 119 Å². The van der Waals surface area contributed by atoms with Gasteiger partial charge in [0, 0.05) is 18.4 Å². The zero-order valence-corrected chi connectivity index (χ0v) is 33.2. The Kier molecular flexibility index (Phi) is 9.72. The first-order valence-electron chi connectivity index (χ1n) is 20.0. The summed E-state index contributed by atoms with van der Waals surface area (Å²) in [5, 5.41) is 23.4. The van der Waals surface area contributed by atoms with Gasteiger partial charge in [0.1, 0.15) is 23.7 Å². The number of hydrogen-bond acceptors (Lipinski definition) is 10. The Morgan fingerprint density at radius 2 is 1.70 bits per heavy atom. The van der Waals surface area contributed by atoms with Crippen molar-refractivity contribution >= 4 is 44.6 Å². The molecule has 302 valence electrons. The van der Waals surface area contributed by atoms with Gasteiger partial charge in [-0.15, -0.1) is 10.2 Å². The van der Waals surface area contributed by atoms with Crippen LogP contribution in [0.3, 0.4) is 0 Å². The van der Waals surface area contributed by atoms with Crippen LogP contribution in [0.25, 0.3) is 10.8 Å². The van der Waals surface area contributed by atoms with Crippen molar-refractivity contribution in [2.75, 3.05) is 13.7 Å². The van der Waals surface area contributed by atoms with Gasteiger partial charge in [0.05, 0.1) is 29.2 Å². The smallest absolute Gasteiger partial charge is 0.408 e. The van der Waals surface area contributed by atoms with Gasteiger partial charge in [-0.05, 0) is 101 Å². The van der Waals surface area contributed by atoms with Crippen LogP contribution in [-0.2, 0) is 24.4 Å². The van der Waals surface area contributed by atoms with Crippen LogP contribution in [0.15, 0.2) is 36.4 Å². The molecule has 4 saturated carbocycles. The zero-order chi connectivity index (χ0) is 39.7. The summed E-state index contributed by atoms with van der Waals surface area (Å²) in [5.74, 6) is -1.24. The van der Waals surface area contributed by atoms with E-state index in [4.69, 9.17) is 9.47 Å². The molecule has 15 nitrogen and oxygen atoms in total. The molecule has 2 aromatic rings. The molecule has 1 saturated heterocycles. The number of nitrogens with zero attached hydrogens (tertiary/aromatic N) is 4. The first-order chi connectivity index (χ1) is 26.6. The standard InChI is InChI=1S/C40H52N6O9S/c1-22-9-5-6-10-26-20-40(26,37(49)44-56(52,53)39(3)13-14-39)41-33(47)31-19-28(55-35-30-12-8-7-11-29(30)34(54-4)42-43-35)21-45(31)36(48)32(23(2)15-22)46(38(50)51)27-17-24-16-25(24)18-27/h6-8,10-12,22-28,31-32H,5,9,13-21H2,1-4H3,(H,41,47)(H,44,49)(H,50,51)/b10-6-/t22-,23+,24-,25?,26+,27?,28+,31-,32-,40+/m0/s1. The first kappa shape index (κ1) is 38.4. The zero-order valence-electron chi connectivity index (χ0n) is 32.3. The van der Waals surface area contributed by atoms with Gasteiger partial charge in [-0.3, -0.25) is 24.0 Å². The normalized spacial score (nSPS) is 35.4. The SMILES string of the molecule is COc1nnc(O[C@@H]2C[C@H]3C(=O)N[C@]4(C(=O)NS(=O)(=O)C5(C)CC5)C[C@H]4/C=C\CC[C@H](C)C[C@@H](C)[C@H](N(C(=O)O)C4CC5C[C@H]5C4)C(=O)N3C2)c2ccccc12. The second-order valence-electron chi connectivity index (χ2n) is 17.5. The van der Waals surface area contributed by atoms with Gasteiger partial charge in [0.25, 0.3) is 5.91 Å². The van der Waals surface area contributed by atoms with Crippen LogP contribution >= 0.6 is 0 Å². The predicted molar refractivity (Wildman–Crippen MR) is 204 cm³/mol. The number of rotatable bonds is 8. The average Bonchev–Trinajstić information content (AvgIpc) is 4.11. The Bertz CT molecular complexity index is 2060. The number of carboxylic acid groups (broad SMARTS) is 1. The van der Waals surface area contributed by atoms with Crippen LogP contribution in [0.1, 0.15) is 85.0 Å². The van der Waals surface area contributed by atoms with Crippen molar-refractivity contribution in [1.29, 1.82) is 0 Å². The third-order valence-corrected chi connectivity index (χ3v) is 15.6. The Labute approximate surface area is 327 Å². The number of nitrogens with one attached hydrogen (secondary N) is 2. The van der Waals surface area contributed by atoms with Crippen LogP contribution in [0.2, 0.25) is 0 Å². The highest BCUT2D eigenvalue weighted by atomic mass is 32.2. The molecule has 8 rings (SSSR count). The van der Waals surface area contributed by atoms with E-state index in [1.807, 2.05) is 43.3 Å². The lowest BCUT2D eigenvalue weighted by Gasteiger charge is -2.40. The second-order valence-corrected chi connectivity index (χ2v) is 19.7. The van der Waals surface area contributed by atoms with Gasteiger partial charge in [-0.25, -0.2) is 13.2 Å². The summed E-state index contributed by atoms with van der Waals surface area (Å²) in [6, 6.07) is 4.74. The summed E-state index contributed by atoms with van der Waals surface area (Å²) in [6.07, 6.45) is 7.45. The summed E-state index contributed by atoms with van der Waals surface area (Å²) < 4.78 is 39.6. The highest BCUT2D eigenvalue weighted by Crippen LogP contribution is 2.54. The minimum absolute atomic E-state index is 0.00629. The first-order valence-corrected chi connectivity index (χ1v) is 21.5. The van der Waals surface area contributed by atoms with Gasteiger partial charge >= 0.3 is 6.09 Å². The monoisotopic (exact) mass is 792 g/mol. The van der Waals surface area contributed by atoms with E-state index in [2.05, 4.69) is 27.2 Å². The second kappa shape index (κ2) is 14.2. The van der Waals surface area contributed by atoms with E-state index in [-0.39, 0.29) is 43.1 Å².